The molecule has 1 N–H and O–H groups in total. The minimum absolute atomic E-state index is 0.115. The quantitative estimate of drug-likeness (QED) is 0.687. The summed E-state index contributed by atoms with van der Waals surface area (Å²) in [5.41, 5.74) is 3.62. The van der Waals surface area contributed by atoms with E-state index in [1.54, 1.807) is 0 Å². The van der Waals surface area contributed by atoms with Crippen LogP contribution in [0.25, 0.3) is 12.2 Å². The van der Waals surface area contributed by atoms with Crippen molar-refractivity contribution in [2.75, 3.05) is 13.1 Å². The highest BCUT2D eigenvalue weighted by Crippen LogP contribution is 2.20. The molecule has 1 saturated heterocycles. The third-order valence-corrected chi connectivity index (χ3v) is 4.58. The van der Waals surface area contributed by atoms with Gasteiger partial charge < -0.3 is 5.32 Å². The van der Waals surface area contributed by atoms with Crippen molar-refractivity contribution in [1.29, 1.82) is 0 Å². The number of carbonyl (C=O) groups is 1. The van der Waals surface area contributed by atoms with Gasteiger partial charge in [0.1, 0.15) is 0 Å². The normalized spacial score (nSPS) is 18.6. The molecule has 0 amide bonds. The van der Waals surface area contributed by atoms with Gasteiger partial charge >= 0.3 is 0 Å². The van der Waals surface area contributed by atoms with Crippen molar-refractivity contribution in [3.63, 3.8) is 0 Å². The molecule has 0 bridgehead atoms. The number of Topliss-reactive ketones (excluding diaryl/α,β-unsaturated/α-hetero) is 1. The first-order valence-corrected chi connectivity index (χ1v) is 8.88. The number of hydrogen-bond donors (Lipinski definition) is 1. The molecule has 0 aromatic heterocycles. The molecular formula is C19H15Br2NO. The van der Waals surface area contributed by atoms with Crippen molar-refractivity contribution in [3.05, 3.63) is 79.7 Å². The second-order valence-corrected chi connectivity index (χ2v) is 7.21. The van der Waals surface area contributed by atoms with Crippen LogP contribution in [0.15, 0.2) is 68.6 Å². The van der Waals surface area contributed by atoms with Crippen molar-refractivity contribution in [2.45, 2.75) is 0 Å². The zero-order valence-electron chi connectivity index (χ0n) is 12.4. The van der Waals surface area contributed by atoms with Crippen LogP contribution in [0.1, 0.15) is 11.1 Å². The fourth-order valence-electron chi connectivity index (χ4n) is 2.53. The van der Waals surface area contributed by atoms with Gasteiger partial charge in [-0.3, -0.25) is 4.79 Å². The lowest BCUT2D eigenvalue weighted by molar-refractivity contribution is -0.112. The average molecular weight is 433 g/mol. The van der Waals surface area contributed by atoms with Crippen LogP contribution < -0.4 is 5.32 Å². The number of hydrogen-bond acceptors (Lipinski definition) is 2. The first-order valence-electron chi connectivity index (χ1n) is 7.29. The number of benzene rings is 2. The van der Waals surface area contributed by atoms with Crippen molar-refractivity contribution in [1.82, 2.24) is 5.32 Å². The van der Waals surface area contributed by atoms with E-state index in [9.17, 15) is 4.79 Å². The lowest BCUT2D eigenvalue weighted by Crippen LogP contribution is -2.32. The van der Waals surface area contributed by atoms with Crippen molar-refractivity contribution in [2.24, 2.45) is 0 Å². The minimum Gasteiger partial charge on any atom is -0.308 e. The van der Waals surface area contributed by atoms with E-state index in [-0.39, 0.29) is 5.78 Å². The molecule has 0 unspecified atom stereocenters. The fraction of sp³-hybridized carbons (Fsp3) is 0.105. The summed E-state index contributed by atoms with van der Waals surface area (Å²) in [5.74, 6) is 0.115. The number of carbonyl (C=O) groups excluding carboxylic acids is 1. The summed E-state index contributed by atoms with van der Waals surface area (Å²) in [6, 6.07) is 15.9. The molecule has 1 aliphatic heterocycles. The highest BCUT2D eigenvalue weighted by Gasteiger charge is 2.20. The van der Waals surface area contributed by atoms with Crippen molar-refractivity contribution < 1.29 is 4.79 Å². The molecule has 0 atom stereocenters. The maximum atomic E-state index is 12.7. The molecule has 1 aliphatic rings. The second-order valence-electron chi connectivity index (χ2n) is 5.38. The number of halogens is 2. The Morgan fingerprint density at radius 1 is 0.826 bits per heavy atom. The van der Waals surface area contributed by atoms with E-state index in [4.69, 9.17) is 0 Å². The summed E-state index contributed by atoms with van der Waals surface area (Å²) < 4.78 is 2.01. The molecule has 116 valence electrons. The second kappa shape index (κ2) is 7.39. The van der Waals surface area contributed by atoms with Crippen LogP contribution in [0.3, 0.4) is 0 Å². The van der Waals surface area contributed by atoms with Gasteiger partial charge in [-0.05, 0) is 47.5 Å². The Kier molecular flexibility index (Phi) is 5.26. The summed E-state index contributed by atoms with van der Waals surface area (Å²) in [6.07, 6.45) is 3.90. The van der Waals surface area contributed by atoms with Gasteiger partial charge in [0.05, 0.1) is 0 Å². The molecule has 1 heterocycles. The molecular weight excluding hydrogens is 418 g/mol. The number of nitrogens with one attached hydrogen (secondary N) is 1. The van der Waals surface area contributed by atoms with Crippen LogP contribution in [0.2, 0.25) is 0 Å². The Morgan fingerprint density at radius 2 is 1.30 bits per heavy atom. The Labute approximate surface area is 152 Å². The standard InChI is InChI=1S/C19H15Br2NO/c20-17-5-1-3-13(9-17)7-15-11-22-12-16(19(15)23)8-14-4-2-6-18(21)10-14/h1-10,22H,11-12H2/b15-7+,16-8+. The van der Waals surface area contributed by atoms with Crippen LogP contribution >= 0.6 is 31.9 Å². The monoisotopic (exact) mass is 431 g/mol. The van der Waals surface area contributed by atoms with Gasteiger partial charge in [-0.15, -0.1) is 0 Å². The average Bonchev–Trinajstić information content (AvgIpc) is 2.51. The largest absolute Gasteiger partial charge is 0.308 e. The van der Waals surface area contributed by atoms with E-state index in [1.165, 1.54) is 0 Å². The van der Waals surface area contributed by atoms with E-state index >= 15 is 0 Å². The lowest BCUT2D eigenvalue weighted by atomic mass is 9.95. The van der Waals surface area contributed by atoms with Gasteiger partial charge in [0, 0.05) is 33.2 Å². The molecule has 0 spiro atoms. The summed E-state index contributed by atoms with van der Waals surface area (Å²) in [4.78, 5) is 12.7. The van der Waals surface area contributed by atoms with Gasteiger partial charge in [0.15, 0.2) is 5.78 Å². The minimum atomic E-state index is 0.115. The van der Waals surface area contributed by atoms with Crippen LogP contribution in [0, 0.1) is 0 Å². The Hall–Kier alpha value is -1.49. The molecule has 0 radical (unpaired) electrons. The van der Waals surface area contributed by atoms with Gasteiger partial charge in [0.25, 0.3) is 0 Å². The van der Waals surface area contributed by atoms with Gasteiger partial charge in [-0.25, -0.2) is 0 Å². The van der Waals surface area contributed by atoms with Crippen LogP contribution in [-0.4, -0.2) is 18.9 Å². The highest BCUT2D eigenvalue weighted by atomic mass is 79.9. The van der Waals surface area contributed by atoms with Crippen LogP contribution in [0.5, 0.6) is 0 Å². The summed E-state index contributed by atoms with van der Waals surface area (Å²) in [7, 11) is 0. The van der Waals surface area contributed by atoms with Gasteiger partial charge in [-0.1, -0.05) is 56.1 Å². The lowest BCUT2D eigenvalue weighted by Gasteiger charge is -2.18. The molecule has 4 heteroatoms. The molecule has 0 aliphatic carbocycles. The maximum absolute atomic E-state index is 12.7. The third kappa shape index (κ3) is 4.28. The van der Waals surface area contributed by atoms with Gasteiger partial charge in [-0.2, -0.15) is 0 Å². The van der Waals surface area contributed by atoms with E-state index in [0.29, 0.717) is 13.1 Å². The first-order chi connectivity index (χ1) is 11.1. The van der Waals surface area contributed by atoms with E-state index in [2.05, 4.69) is 37.2 Å². The highest BCUT2D eigenvalue weighted by molar-refractivity contribution is 9.10. The van der Waals surface area contributed by atoms with E-state index in [0.717, 1.165) is 31.2 Å². The Bertz CT molecular complexity index is 743. The topological polar surface area (TPSA) is 29.1 Å². The fourth-order valence-corrected chi connectivity index (χ4v) is 3.36. The summed E-state index contributed by atoms with van der Waals surface area (Å²) in [5, 5.41) is 3.30. The predicted octanol–water partition coefficient (Wildman–Crippen LogP) is 4.85. The molecule has 0 saturated carbocycles. The van der Waals surface area contributed by atoms with Crippen LogP contribution in [0.4, 0.5) is 0 Å². The summed E-state index contributed by atoms with van der Waals surface area (Å²) in [6.45, 7) is 1.20. The van der Waals surface area contributed by atoms with Crippen LogP contribution in [-0.2, 0) is 4.79 Å². The molecule has 3 rings (SSSR count). The Balaban J connectivity index is 1.89. The molecule has 2 aromatic rings. The molecule has 2 aromatic carbocycles. The van der Waals surface area contributed by atoms with Crippen molar-refractivity contribution in [3.8, 4) is 0 Å². The smallest absolute Gasteiger partial charge is 0.187 e. The zero-order valence-corrected chi connectivity index (χ0v) is 15.5. The predicted molar refractivity (Wildman–Crippen MR) is 102 cm³/mol. The Morgan fingerprint density at radius 3 is 1.74 bits per heavy atom. The zero-order chi connectivity index (χ0) is 16.2. The summed E-state index contributed by atoms with van der Waals surface area (Å²) >= 11 is 6.92. The van der Waals surface area contributed by atoms with E-state index in [1.807, 2.05) is 60.7 Å². The number of rotatable bonds is 2. The maximum Gasteiger partial charge on any atom is 0.187 e. The molecule has 1 fully saturated rings. The van der Waals surface area contributed by atoms with E-state index < -0.39 is 0 Å². The van der Waals surface area contributed by atoms with Crippen molar-refractivity contribution >= 4 is 49.8 Å². The molecule has 2 nitrogen and oxygen atoms in total. The van der Waals surface area contributed by atoms with Gasteiger partial charge in [0.2, 0.25) is 0 Å². The SMILES string of the molecule is O=C1/C(=C/c2cccc(Br)c2)CNC/C1=C\c1cccc(Br)c1. The number of ketones is 1. The third-order valence-electron chi connectivity index (χ3n) is 3.59. The molecule has 23 heavy (non-hydrogen) atoms. The number of piperidine rings is 1. The first kappa shape index (κ1) is 16.4.